The lowest BCUT2D eigenvalue weighted by Crippen LogP contribution is -2.56. The van der Waals surface area contributed by atoms with Gasteiger partial charge in [-0.3, -0.25) is 4.79 Å². The maximum Gasteiger partial charge on any atom is 0.257 e. The predicted octanol–water partition coefficient (Wildman–Crippen LogP) is 2.48. The summed E-state index contributed by atoms with van der Waals surface area (Å²) in [5.41, 5.74) is 1.99. The van der Waals surface area contributed by atoms with Gasteiger partial charge in [-0.2, -0.15) is 5.26 Å². The van der Waals surface area contributed by atoms with Gasteiger partial charge in [0.2, 0.25) is 11.8 Å². The molecule has 2 aromatic heterocycles. The van der Waals surface area contributed by atoms with Crippen LogP contribution in [0.15, 0.2) is 52.2 Å². The van der Waals surface area contributed by atoms with Gasteiger partial charge in [0.1, 0.15) is 17.7 Å². The summed E-state index contributed by atoms with van der Waals surface area (Å²) in [4.78, 5) is 22.4. The molecule has 3 aromatic rings. The van der Waals surface area contributed by atoms with Crippen LogP contribution in [0, 0.1) is 11.3 Å². The highest BCUT2D eigenvalue weighted by molar-refractivity contribution is 7.99. The molecule has 0 atom stereocenters. The average molecular weight is 366 g/mol. The van der Waals surface area contributed by atoms with Gasteiger partial charge >= 0.3 is 0 Å². The van der Waals surface area contributed by atoms with Gasteiger partial charge < -0.3 is 14.1 Å². The maximum absolute atomic E-state index is 12.2. The Kier molecular flexibility index (Phi) is 4.46. The van der Waals surface area contributed by atoms with Crippen LogP contribution in [0.5, 0.6) is 5.88 Å². The molecule has 0 radical (unpaired) electrons. The second-order valence-corrected chi connectivity index (χ2v) is 6.70. The van der Waals surface area contributed by atoms with Crippen molar-refractivity contribution in [1.29, 1.82) is 5.26 Å². The molecule has 4 rings (SSSR count). The maximum atomic E-state index is 12.2. The number of nitrogens with zero attached hydrogens (tertiary/aromatic N) is 4. The van der Waals surface area contributed by atoms with Crippen molar-refractivity contribution in [2.75, 3.05) is 18.8 Å². The van der Waals surface area contributed by atoms with E-state index in [0.29, 0.717) is 29.8 Å². The normalized spacial score (nSPS) is 14.0. The minimum atomic E-state index is -0.0753. The summed E-state index contributed by atoms with van der Waals surface area (Å²) in [5, 5.41) is 9.24. The Bertz CT molecular complexity index is 941. The fraction of sp³-hybridized carbons (Fsp3) is 0.222. The number of rotatable bonds is 5. The summed E-state index contributed by atoms with van der Waals surface area (Å²) in [5.74, 6) is 0.751. The number of para-hydroxylation sites is 2. The number of amides is 1. The van der Waals surface area contributed by atoms with E-state index in [1.807, 2.05) is 30.3 Å². The number of benzene rings is 1. The van der Waals surface area contributed by atoms with Crippen molar-refractivity contribution in [3.05, 3.63) is 48.2 Å². The lowest BCUT2D eigenvalue weighted by atomic mass is 10.1. The largest absolute Gasteiger partial charge is 0.471 e. The molecule has 1 aliphatic heterocycles. The van der Waals surface area contributed by atoms with E-state index in [1.54, 1.807) is 17.0 Å². The number of carbonyl (C=O) groups excluding carboxylic acids is 1. The van der Waals surface area contributed by atoms with Crippen LogP contribution >= 0.6 is 11.8 Å². The van der Waals surface area contributed by atoms with Crippen molar-refractivity contribution in [2.24, 2.45) is 0 Å². The number of oxazole rings is 1. The highest BCUT2D eigenvalue weighted by Crippen LogP contribution is 2.24. The van der Waals surface area contributed by atoms with E-state index in [9.17, 15) is 4.79 Å². The molecular formula is C18H14N4O3S. The smallest absolute Gasteiger partial charge is 0.257 e. The van der Waals surface area contributed by atoms with E-state index in [4.69, 9.17) is 14.4 Å². The van der Waals surface area contributed by atoms with Gasteiger partial charge in [-0.1, -0.05) is 23.9 Å². The summed E-state index contributed by atoms with van der Waals surface area (Å²) >= 11 is 1.29. The van der Waals surface area contributed by atoms with Crippen LogP contribution in [0.1, 0.15) is 5.56 Å². The summed E-state index contributed by atoms with van der Waals surface area (Å²) in [7, 11) is 0. The molecule has 0 aliphatic carbocycles. The van der Waals surface area contributed by atoms with Gasteiger partial charge in [0.05, 0.1) is 24.4 Å². The molecule has 1 saturated heterocycles. The van der Waals surface area contributed by atoms with E-state index in [1.165, 1.54) is 18.0 Å². The number of hydrogen-bond acceptors (Lipinski definition) is 7. The summed E-state index contributed by atoms with van der Waals surface area (Å²) in [6.07, 6.45) is 1.39. The molecule has 7 nitrogen and oxygen atoms in total. The second kappa shape index (κ2) is 7.06. The van der Waals surface area contributed by atoms with Crippen molar-refractivity contribution in [1.82, 2.24) is 14.9 Å². The Morgan fingerprint density at radius 3 is 2.92 bits per heavy atom. The van der Waals surface area contributed by atoms with E-state index in [0.717, 1.165) is 11.1 Å². The molecule has 1 aliphatic rings. The Labute approximate surface area is 153 Å². The van der Waals surface area contributed by atoms with Gasteiger partial charge in [-0.05, 0) is 18.2 Å². The second-order valence-electron chi connectivity index (χ2n) is 5.77. The molecule has 0 spiro atoms. The number of pyridine rings is 1. The van der Waals surface area contributed by atoms with Crippen molar-refractivity contribution >= 4 is 28.8 Å². The summed E-state index contributed by atoms with van der Waals surface area (Å²) in [6, 6.07) is 12.8. The number of thioether (sulfide) groups is 1. The van der Waals surface area contributed by atoms with Crippen molar-refractivity contribution in [2.45, 2.75) is 11.3 Å². The van der Waals surface area contributed by atoms with Crippen LogP contribution in [0.25, 0.3) is 11.1 Å². The molecule has 0 N–H and O–H groups in total. The van der Waals surface area contributed by atoms with E-state index >= 15 is 0 Å². The van der Waals surface area contributed by atoms with E-state index < -0.39 is 0 Å². The molecule has 0 saturated carbocycles. The monoisotopic (exact) mass is 366 g/mol. The quantitative estimate of drug-likeness (QED) is 0.641. The molecule has 0 bridgehead atoms. The number of nitriles is 1. The fourth-order valence-corrected chi connectivity index (χ4v) is 3.27. The Morgan fingerprint density at radius 2 is 2.19 bits per heavy atom. The van der Waals surface area contributed by atoms with Crippen LogP contribution in [0.2, 0.25) is 0 Å². The van der Waals surface area contributed by atoms with Gasteiger partial charge in [-0.15, -0.1) is 0 Å². The van der Waals surface area contributed by atoms with Gasteiger partial charge in [-0.25, -0.2) is 9.97 Å². The molecular weight excluding hydrogens is 352 g/mol. The first-order chi connectivity index (χ1) is 12.7. The van der Waals surface area contributed by atoms with Gasteiger partial charge in [0, 0.05) is 12.3 Å². The molecule has 1 aromatic carbocycles. The van der Waals surface area contributed by atoms with E-state index in [2.05, 4.69) is 9.97 Å². The Hall–Kier alpha value is -3.05. The average Bonchev–Trinajstić information content (AvgIpc) is 3.06. The van der Waals surface area contributed by atoms with Crippen molar-refractivity contribution in [3.8, 4) is 11.9 Å². The van der Waals surface area contributed by atoms with Crippen LogP contribution in [-0.2, 0) is 4.79 Å². The van der Waals surface area contributed by atoms with E-state index in [-0.39, 0.29) is 17.8 Å². The number of hydrogen-bond donors (Lipinski definition) is 0. The molecule has 1 fully saturated rings. The molecule has 1 amide bonds. The standard InChI is InChI=1S/C18H14N4O3S/c19-7-12-5-6-16(20-8-12)24-13-9-22(10-13)17(23)11-26-18-21-14-3-1-2-4-15(14)25-18/h1-6,8,13H,9-11H2. The van der Waals surface area contributed by atoms with Crippen LogP contribution in [-0.4, -0.2) is 45.7 Å². The zero-order valence-corrected chi connectivity index (χ0v) is 14.5. The number of carbonyl (C=O) groups is 1. The topological polar surface area (TPSA) is 92.2 Å². The van der Waals surface area contributed by atoms with Crippen LogP contribution in [0.4, 0.5) is 0 Å². The molecule has 130 valence electrons. The number of aromatic nitrogens is 2. The van der Waals surface area contributed by atoms with Gasteiger partial charge in [0.15, 0.2) is 5.58 Å². The summed E-state index contributed by atoms with van der Waals surface area (Å²) < 4.78 is 11.3. The minimum Gasteiger partial charge on any atom is -0.471 e. The number of likely N-dealkylation sites (tertiary alicyclic amines) is 1. The first kappa shape index (κ1) is 16.4. The first-order valence-electron chi connectivity index (χ1n) is 8.00. The fourth-order valence-electron chi connectivity index (χ4n) is 2.53. The summed E-state index contributed by atoms with van der Waals surface area (Å²) in [6.45, 7) is 1.04. The zero-order chi connectivity index (χ0) is 17.9. The predicted molar refractivity (Wildman–Crippen MR) is 94.7 cm³/mol. The minimum absolute atomic E-state index is 0.0184. The van der Waals surface area contributed by atoms with Crippen molar-refractivity contribution in [3.63, 3.8) is 0 Å². The van der Waals surface area contributed by atoms with Gasteiger partial charge in [0.25, 0.3) is 5.22 Å². The third kappa shape index (κ3) is 3.48. The molecule has 26 heavy (non-hydrogen) atoms. The Balaban J connectivity index is 1.24. The highest BCUT2D eigenvalue weighted by atomic mass is 32.2. The van der Waals surface area contributed by atoms with Crippen molar-refractivity contribution < 1.29 is 13.9 Å². The lowest BCUT2D eigenvalue weighted by molar-refractivity contribution is -0.137. The molecule has 8 heteroatoms. The molecule has 0 unspecified atom stereocenters. The van der Waals surface area contributed by atoms with Crippen LogP contribution < -0.4 is 4.74 Å². The first-order valence-corrected chi connectivity index (χ1v) is 8.99. The molecule has 3 heterocycles. The SMILES string of the molecule is N#Cc1ccc(OC2CN(C(=O)CSc3nc4ccccc4o3)C2)nc1. The lowest BCUT2D eigenvalue weighted by Gasteiger charge is -2.38. The third-order valence-electron chi connectivity index (χ3n) is 3.95. The Morgan fingerprint density at radius 1 is 1.35 bits per heavy atom. The number of ether oxygens (including phenoxy) is 1. The third-order valence-corrected chi connectivity index (χ3v) is 4.76. The van der Waals surface area contributed by atoms with Crippen LogP contribution in [0.3, 0.4) is 0 Å². The number of fused-ring (bicyclic) bond motifs is 1. The zero-order valence-electron chi connectivity index (χ0n) is 13.7. The highest BCUT2D eigenvalue weighted by Gasteiger charge is 2.32.